The van der Waals surface area contributed by atoms with Crippen molar-refractivity contribution in [2.75, 3.05) is 6.54 Å². The molecule has 15 N–H and O–H groups in total. The number of nitrogens with one attached hydrogen (secondary N) is 4. The van der Waals surface area contributed by atoms with Gasteiger partial charge < -0.3 is 53.5 Å². The minimum absolute atomic E-state index is 0.112. The van der Waals surface area contributed by atoms with E-state index in [9.17, 15) is 14.4 Å². The number of guanidine groups is 1. The van der Waals surface area contributed by atoms with Crippen molar-refractivity contribution in [3.05, 3.63) is 54.2 Å². The first-order chi connectivity index (χ1) is 17.9. The highest BCUT2D eigenvalue weighted by Gasteiger charge is 2.14. The SMILES string of the molecule is N=C(N)NCCC[C@H](N)C(=O)O.N[C@@H](Cc1c[nH]c2ccccc12)C(=O)O.N[C@@H](Cc1c[nH]cn1)C(=O)O. The number of rotatable bonds is 11. The van der Waals surface area contributed by atoms with Gasteiger partial charge >= 0.3 is 17.9 Å². The van der Waals surface area contributed by atoms with Crippen molar-refractivity contribution in [1.82, 2.24) is 20.3 Å². The summed E-state index contributed by atoms with van der Waals surface area (Å²) in [7, 11) is 0. The summed E-state index contributed by atoms with van der Waals surface area (Å²) in [4.78, 5) is 40.7. The van der Waals surface area contributed by atoms with Crippen molar-refractivity contribution in [2.45, 2.75) is 43.8 Å². The number of carboxylic acid groups (broad SMARTS) is 3. The number of aromatic nitrogens is 3. The topological polar surface area (TPSA) is 296 Å². The van der Waals surface area contributed by atoms with Crippen LogP contribution in [0.1, 0.15) is 24.1 Å². The Kier molecular flexibility index (Phi) is 13.5. The number of aromatic amines is 2. The first-order valence-corrected chi connectivity index (χ1v) is 11.5. The minimum atomic E-state index is -1.01. The summed E-state index contributed by atoms with van der Waals surface area (Å²) in [6.45, 7) is 0.482. The van der Waals surface area contributed by atoms with E-state index in [2.05, 4.69) is 20.3 Å². The second-order valence-electron chi connectivity index (χ2n) is 8.15. The molecule has 0 bridgehead atoms. The van der Waals surface area contributed by atoms with Crippen molar-refractivity contribution >= 4 is 34.8 Å². The van der Waals surface area contributed by atoms with Crippen LogP contribution in [-0.2, 0) is 27.2 Å². The van der Waals surface area contributed by atoms with Gasteiger partial charge in [0, 0.05) is 42.7 Å². The molecule has 0 aliphatic heterocycles. The van der Waals surface area contributed by atoms with E-state index in [-0.39, 0.29) is 12.4 Å². The average Bonchev–Trinajstić information content (AvgIpc) is 3.52. The Morgan fingerprint density at radius 2 is 1.55 bits per heavy atom. The molecule has 0 fully saturated rings. The van der Waals surface area contributed by atoms with E-state index in [1.807, 2.05) is 30.5 Å². The van der Waals surface area contributed by atoms with Crippen LogP contribution in [0.5, 0.6) is 0 Å². The van der Waals surface area contributed by atoms with E-state index in [4.69, 9.17) is 43.7 Å². The molecule has 0 aliphatic carbocycles. The Morgan fingerprint density at radius 3 is 2.11 bits per heavy atom. The molecule has 208 valence electrons. The second-order valence-corrected chi connectivity index (χ2v) is 8.15. The van der Waals surface area contributed by atoms with Crippen LogP contribution >= 0.6 is 0 Å². The van der Waals surface area contributed by atoms with Crippen molar-refractivity contribution in [1.29, 1.82) is 5.41 Å². The van der Waals surface area contributed by atoms with Gasteiger partial charge in [-0.2, -0.15) is 0 Å². The number of imidazole rings is 1. The maximum Gasteiger partial charge on any atom is 0.320 e. The van der Waals surface area contributed by atoms with Gasteiger partial charge in [-0.25, -0.2) is 4.98 Å². The molecule has 0 aliphatic rings. The first kappa shape index (κ1) is 31.6. The van der Waals surface area contributed by atoms with Crippen molar-refractivity contribution in [3.8, 4) is 0 Å². The fraction of sp³-hybridized carbons (Fsp3) is 0.348. The van der Waals surface area contributed by atoms with Gasteiger partial charge in [-0.3, -0.25) is 19.8 Å². The van der Waals surface area contributed by atoms with Gasteiger partial charge in [0.2, 0.25) is 0 Å². The number of carboxylic acids is 3. The van der Waals surface area contributed by atoms with E-state index >= 15 is 0 Å². The number of hydrogen-bond donors (Lipinski definition) is 11. The number of H-pyrrole nitrogens is 2. The lowest BCUT2D eigenvalue weighted by Crippen LogP contribution is -2.34. The molecule has 0 amide bonds. The van der Waals surface area contributed by atoms with Crippen molar-refractivity contribution in [3.63, 3.8) is 0 Å². The second kappa shape index (κ2) is 16.3. The lowest BCUT2D eigenvalue weighted by atomic mass is 10.1. The maximum absolute atomic E-state index is 10.6. The number of carbonyl (C=O) groups is 3. The summed E-state index contributed by atoms with van der Waals surface area (Å²) in [6, 6.07) is 5.23. The number of benzene rings is 1. The molecule has 2 aromatic heterocycles. The Balaban J connectivity index is 0.000000290. The van der Waals surface area contributed by atoms with E-state index in [0.717, 1.165) is 16.5 Å². The Hall–Kier alpha value is -4.47. The number of nitrogens with two attached hydrogens (primary N) is 4. The fourth-order valence-corrected chi connectivity index (χ4v) is 3.01. The van der Waals surface area contributed by atoms with E-state index in [1.165, 1.54) is 6.33 Å². The summed E-state index contributed by atoms with van der Waals surface area (Å²) in [5.41, 5.74) is 23.6. The summed E-state index contributed by atoms with van der Waals surface area (Å²) >= 11 is 0. The van der Waals surface area contributed by atoms with Crippen molar-refractivity contribution in [2.24, 2.45) is 22.9 Å². The predicted molar refractivity (Wildman–Crippen MR) is 140 cm³/mol. The molecule has 0 spiro atoms. The summed E-state index contributed by atoms with van der Waals surface area (Å²) < 4.78 is 0. The third-order valence-corrected chi connectivity index (χ3v) is 5.06. The van der Waals surface area contributed by atoms with Crippen LogP contribution in [0.3, 0.4) is 0 Å². The quantitative estimate of drug-likeness (QED) is 0.0815. The fourth-order valence-electron chi connectivity index (χ4n) is 3.01. The van der Waals surface area contributed by atoms with Crippen LogP contribution in [0.15, 0.2) is 43.0 Å². The Bertz CT molecular complexity index is 1170. The van der Waals surface area contributed by atoms with Crippen molar-refractivity contribution < 1.29 is 29.7 Å². The summed E-state index contributed by atoms with van der Waals surface area (Å²) in [6.07, 6.45) is 6.51. The first-order valence-electron chi connectivity index (χ1n) is 11.5. The normalized spacial score (nSPS) is 12.6. The highest BCUT2D eigenvalue weighted by atomic mass is 16.4. The number of hydrogen-bond acceptors (Lipinski definition) is 8. The number of nitrogens with zero attached hydrogens (tertiary/aromatic N) is 1. The molecule has 0 saturated heterocycles. The van der Waals surface area contributed by atoms with Crippen LogP contribution in [0, 0.1) is 5.41 Å². The zero-order valence-electron chi connectivity index (χ0n) is 20.6. The molecule has 38 heavy (non-hydrogen) atoms. The molecule has 2 heterocycles. The molecule has 15 heteroatoms. The molecular formula is C23H35N9O6. The lowest BCUT2D eigenvalue weighted by molar-refractivity contribution is -0.139. The number of aliphatic carboxylic acids is 3. The third-order valence-electron chi connectivity index (χ3n) is 5.06. The maximum atomic E-state index is 10.6. The van der Waals surface area contributed by atoms with E-state index in [0.29, 0.717) is 31.5 Å². The smallest absolute Gasteiger partial charge is 0.320 e. The van der Waals surface area contributed by atoms with Gasteiger partial charge in [-0.05, 0) is 24.5 Å². The molecule has 15 nitrogen and oxygen atoms in total. The third kappa shape index (κ3) is 12.0. The van der Waals surface area contributed by atoms with Gasteiger partial charge in [0.1, 0.15) is 18.1 Å². The summed E-state index contributed by atoms with van der Waals surface area (Å²) in [5.74, 6) is -3.09. The van der Waals surface area contributed by atoms with Crippen LogP contribution in [0.25, 0.3) is 10.9 Å². The van der Waals surface area contributed by atoms with Gasteiger partial charge in [-0.15, -0.1) is 0 Å². The van der Waals surface area contributed by atoms with E-state index < -0.39 is 36.0 Å². The highest BCUT2D eigenvalue weighted by Crippen LogP contribution is 2.18. The molecule has 3 atom stereocenters. The van der Waals surface area contributed by atoms with Gasteiger partial charge in [-0.1, -0.05) is 18.2 Å². The number of fused-ring (bicyclic) bond motifs is 1. The average molecular weight is 534 g/mol. The highest BCUT2D eigenvalue weighted by molar-refractivity contribution is 5.84. The van der Waals surface area contributed by atoms with Crippen LogP contribution in [0.2, 0.25) is 0 Å². The predicted octanol–water partition coefficient (Wildman–Crippen LogP) is -0.852. The van der Waals surface area contributed by atoms with Gasteiger partial charge in [0.05, 0.1) is 12.0 Å². The Morgan fingerprint density at radius 1 is 0.947 bits per heavy atom. The monoisotopic (exact) mass is 533 g/mol. The zero-order valence-corrected chi connectivity index (χ0v) is 20.6. The minimum Gasteiger partial charge on any atom is -0.480 e. The summed E-state index contributed by atoms with van der Waals surface area (Å²) in [5, 5.41) is 35.9. The van der Waals surface area contributed by atoms with Crippen LogP contribution in [-0.4, -0.2) is 78.8 Å². The molecular weight excluding hydrogens is 498 g/mol. The van der Waals surface area contributed by atoms with E-state index in [1.54, 1.807) is 6.20 Å². The van der Waals surface area contributed by atoms with Gasteiger partial charge in [0.15, 0.2) is 5.96 Å². The largest absolute Gasteiger partial charge is 0.480 e. The van der Waals surface area contributed by atoms with Crippen LogP contribution < -0.4 is 28.3 Å². The molecule has 0 unspecified atom stereocenters. The lowest BCUT2D eigenvalue weighted by Gasteiger charge is -2.06. The molecule has 1 aromatic carbocycles. The zero-order chi connectivity index (χ0) is 28.7. The molecule has 3 aromatic rings. The van der Waals surface area contributed by atoms with Gasteiger partial charge in [0.25, 0.3) is 0 Å². The number of para-hydroxylation sites is 1. The molecule has 3 rings (SSSR count). The van der Waals surface area contributed by atoms with Crippen LogP contribution in [0.4, 0.5) is 0 Å². The standard InChI is InChI=1S/C11H12N2O2.C6H14N4O2.C6H9N3O2/c12-9(11(14)15)5-7-6-13-10-4-2-1-3-8(7)10;7-4(5(11)12)2-1-3-10-6(8)9;7-5(6(10)11)1-4-2-8-3-9-4/h1-4,6,9,13H,5,12H2,(H,14,15);4H,1-3,7H2,(H,11,12)(H4,8,9,10);2-3,5H,1,7H2,(H,8,9)(H,10,11)/t9-;4-;5-/m000/s1. The Labute approximate surface area is 218 Å². The molecule has 0 saturated carbocycles. The molecule has 0 radical (unpaired) electrons.